The molecule has 0 radical (unpaired) electrons. The molecule has 0 saturated heterocycles. The molecule has 1 aromatic rings. The van der Waals surface area contributed by atoms with Gasteiger partial charge < -0.3 is 9.67 Å². The number of aromatic nitrogens is 2. The monoisotopic (exact) mass is 168 g/mol. The first kappa shape index (κ1) is 9.26. The van der Waals surface area contributed by atoms with E-state index in [9.17, 15) is 0 Å². The van der Waals surface area contributed by atoms with Crippen LogP contribution in [0, 0.1) is 0 Å². The highest BCUT2D eigenvalue weighted by Crippen LogP contribution is 2.04. The number of nitrogens with zero attached hydrogens (tertiary/aromatic N) is 2. The van der Waals surface area contributed by atoms with Gasteiger partial charge in [-0.25, -0.2) is 4.98 Å². The standard InChI is InChI=1S/C9H16N2O/c1-3-9-10-8(5-6-12)7-11(9)4-2/h7,12H,3-6H2,1-2H3. The minimum Gasteiger partial charge on any atom is -0.396 e. The Bertz CT molecular complexity index is 221. The maximum absolute atomic E-state index is 8.72. The molecule has 0 bridgehead atoms. The van der Waals surface area contributed by atoms with Gasteiger partial charge in [-0.3, -0.25) is 0 Å². The van der Waals surface area contributed by atoms with Gasteiger partial charge in [-0.2, -0.15) is 0 Å². The molecule has 0 aromatic carbocycles. The Morgan fingerprint density at radius 1 is 1.50 bits per heavy atom. The highest BCUT2D eigenvalue weighted by atomic mass is 16.3. The molecule has 1 rings (SSSR count). The van der Waals surface area contributed by atoms with Crippen LogP contribution in [0.4, 0.5) is 0 Å². The van der Waals surface area contributed by atoms with Crippen molar-refractivity contribution in [3.8, 4) is 0 Å². The molecule has 0 aliphatic heterocycles. The SMILES string of the molecule is CCc1nc(CCO)cn1CC. The summed E-state index contributed by atoms with van der Waals surface area (Å²) < 4.78 is 2.13. The molecule has 12 heavy (non-hydrogen) atoms. The fraction of sp³-hybridized carbons (Fsp3) is 0.667. The van der Waals surface area contributed by atoms with E-state index in [1.165, 1.54) is 0 Å². The summed E-state index contributed by atoms with van der Waals surface area (Å²) in [5.74, 6) is 1.11. The van der Waals surface area contributed by atoms with Crippen LogP contribution in [0.1, 0.15) is 25.4 Å². The number of hydrogen-bond acceptors (Lipinski definition) is 2. The van der Waals surface area contributed by atoms with E-state index in [1.54, 1.807) is 0 Å². The lowest BCUT2D eigenvalue weighted by molar-refractivity contribution is 0.298. The normalized spacial score (nSPS) is 10.6. The van der Waals surface area contributed by atoms with E-state index in [0.717, 1.165) is 24.5 Å². The summed E-state index contributed by atoms with van der Waals surface area (Å²) in [6.07, 6.45) is 3.65. The van der Waals surface area contributed by atoms with Crippen molar-refractivity contribution in [2.75, 3.05) is 6.61 Å². The Morgan fingerprint density at radius 2 is 2.25 bits per heavy atom. The molecule has 0 atom stereocenters. The van der Waals surface area contributed by atoms with Crippen LogP contribution in [0.25, 0.3) is 0 Å². The summed E-state index contributed by atoms with van der Waals surface area (Å²) in [6.45, 7) is 5.34. The van der Waals surface area contributed by atoms with Gasteiger partial charge in [0.15, 0.2) is 0 Å². The summed E-state index contributed by atoms with van der Waals surface area (Å²) >= 11 is 0. The molecule has 68 valence electrons. The molecule has 0 aliphatic carbocycles. The average Bonchev–Trinajstić information content (AvgIpc) is 2.48. The third-order valence-electron chi connectivity index (χ3n) is 1.93. The maximum Gasteiger partial charge on any atom is 0.108 e. The molecule has 0 unspecified atom stereocenters. The molecular formula is C9H16N2O. The Morgan fingerprint density at radius 3 is 2.67 bits per heavy atom. The van der Waals surface area contributed by atoms with E-state index < -0.39 is 0 Å². The lowest BCUT2D eigenvalue weighted by Gasteiger charge is -1.98. The van der Waals surface area contributed by atoms with Crippen molar-refractivity contribution in [2.45, 2.75) is 33.2 Å². The fourth-order valence-electron chi connectivity index (χ4n) is 1.30. The fourth-order valence-corrected chi connectivity index (χ4v) is 1.30. The van der Waals surface area contributed by atoms with Crippen LogP contribution in [0.3, 0.4) is 0 Å². The van der Waals surface area contributed by atoms with Gasteiger partial charge in [-0.1, -0.05) is 6.92 Å². The predicted molar refractivity (Wildman–Crippen MR) is 48.1 cm³/mol. The molecule has 1 heterocycles. The largest absolute Gasteiger partial charge is 0.396 e. The number of rotatable bonds is 4. The molecule has 0 amide bonds. The molecule has 0 fully saturated rings. The van der Waals surface area contributed by atoms with E-state index in [1.807, 2.05) is 6.20 Å². The average molecular weight is 168 g/mol. The summed E-state index contributed by atoms with van der Waals surface area (Å²) in [7, 11) is 0. The topological polar surface area (TPSA) is 38.1 Å². The number of aliphatic hydroxyl groups excluding tert-OH is 1. The second-order valence-electron chi connectivity index (χ2n) is 2.76. The van der Waals surface area contributed by atoms with Gasteiger partial charge in [0, 0.05) is 32.2 Å². The van der Waals surface area contributed by atoms with Gasteiger partial charge in [-0.05, 0) is 6.92 Å². The maximum atomic E-state index is 8.72. The Hall–Kier alpha value is -0.830. The minimum absolute atomic E-state index is 0.184. The van der Waals surface area contributed by atoms with E-state index >= 15 is 0 Å². The van der Waals surface area contributed by atoms with Crippen molar-refractivity contribution in [1.29, 1.82) is 0 Å². The summed E-state index contributed by atoms with van der Waals surface area (Å²) in [6, 6.07) is 0. The molecule has 0 saturated carbocycles. The van der Waals surface area contributed by atoms with Crippen molar-refractivity contribution >= 4 is 0 Å². The summed E-state index contributed by atoms with van der Waals surface area (Å²) in [5, 5.41) is 8.72. The Kier molecular flexibility index (Phi) is 3.29. The van der Waals surface area contributed by atoms with E-state index in [0.29, 0.717) is 6.42 Å². The second-order valence-corrected chi connectivity index (χ2v) is 2.76. The van der Waals surface area contributed by atoms with Crippen LogP contribution >= 0.6 is 0 Å². The molecule has 1 N–H and O–H groups in total. The van der Waals surface area contributed by atoms with Gasteiger partial charge in [-0.15, -0.1) is 0 Å². The third kappa shape index (κ3) is 1.85. The number of imidazole rings is 1. The summed E-state index contributed by atoms with van der Waals surface area (Å²) in [5.41, 5.74) is 0.996. The molecule has 3 heteroatoms. The van der Waals surface area contributed by atoms with Gasteiger partial charge in [0.25, 0.3) is 0 Å². The predicted octanol–water partition coefficient (Wildman–Crippen LogP) is 1.00. The van der Waals surface area contributed by atoms with Gasteiger partial charge in [0.2, 0.25) is 0 Å². The molecule has 3 nitrogen and oxygen atoms in total. The Labute approximate surface area is 73.1 Å². The van der Waals surface area contributed by atoms with Crippen molar-refractivity contribution < 1.29 is 5.11 Å². The first-order chi connectivity index (χ1) is 5.81. The van der Waals surface area contributed by atoms with Crippen LogP contribution in [0.5, 0.6) is 0 Å². The van der Waals surface area contributed by atoms with Crippen LogP contribution in [0.15, 0.2) is 6.20 Å². The zero-order valence-corrected chi connectivity index (χ0v) is 7.75. The quantitative estimate of drug-likeness (QED) is 0.728. The van der Waals surface area contributed by atoms with Crippen molar-refractivity contribution in [2.24, 2.45) is 0 Å². The molecular weight excluding hydrogens is 152 g/mol. The zero-order valence-electron chi connectivity index (χ0n) is 7.75. The Balaban J connectivity index is 2.81. The smallest absolute Gasteiger partial charge is 0.108 e. The first-order valence-electron chi connectivity index (χ1n) is 4.47. The number of aryl methyl sites for hydroxylation is 2. The lowest BCUT2D eigenvalue weighted by atomic mass is 10.3. The molecule has 0 aliphatic rings. The van der Waals surface area contributed by atoms with E-state index in [2.05, 4.69) is 23.4 Å². The highest BCUT2D eigenvalue weighted by Gasteiger charge is 2.03. The van der Waals surface area contributed by atoms with Crippen molar-refractivity contribution in [3.63, 3.8) is 0 Å². The van der Waals surface area contributed by atoms with Crippen LogP contribution < -0.4 is 0 Å². The van der Waals surface area contributed by atoms with Crippen molar-refractivity contribution in [1.82, 2.24) is 9.55 Å². The lowest BCUT2D eigenvalue weighted by Crippen LogP contribution is -1.98. The summed E-state index contributed by atoms with van der Waals surface area (Å²) in [4.78, 5) is 4.39. The van der Waals surface area contributed by atoms with Gasteiger partial charge >= 0.3 is 0 Å². The van der Waals surface area contributed by atoms with E-state index in [-0.39, 0.29) is 6.61 Å². The highest BCUT2D eigenvalue weighted by molar-refractivity contribution is 5.04. The second kappa shape index (κ2) is 4.26. The molecule has 1 aromatic heterocycles. The van der Waals surface area contributed by atoms with Gasteiger partial charge in [0.1, 0.15) is 5.82 Å². The van der Waals surface area contributed by atoms with Crippen LogP contribution in [-0.2, 0) is 19.4 Å². The van der Waals surface area contributed by atoms with Crippen molar-refractivity contribution in [3.05, 3.63) is 17.7 Å². The van der Waals surface area contributed by atoms with Crippen LogP contribution in [0.2, 0.25) is 0 Å². The number of aliphatic hydroxyl groups is 1. The first-order valence-corrected chi connectivity index (χ1v) is 4.47. The minimum atomic E-state index is 0.184. The zero-order chi connectivity index (χ0) is 8.97. The van der Waals surface area contributed by atoms with E-state index in [4.69, 9.17) is 5.11 Å². The molecule has 0 spiro atoms. The number of hydrogen-bond donors (Lipinski definition) is 1. The van der Waals surface area contributed by atoms with Gasteiger partial charge in [0.05, 0.1) is 5.69 Å². The third-order valence-corrected chi connectivity index (χ3v) is 1.93. The van der Waals surface area contributed by atoms with Crippen LogP contribution in [-0.4, -0.2) is 21.3 Å².